The van der Waals surface area contributed by atoms with Crippen LogP contribution in [0.1, 0.15) is 37.8 Å². The predicted octanol–water partition coefficient (Wildman–Crippen LogP) is 5.50. The summed E-state index contributed by atoms with van der Waals surface area (Å²) in [5.74, 6) is 0.992. The fourth-order valence-electron chi connectivity index (χ4n) is 4.08. The van der Waals surface area contributed by atoms with Crippen LogP contribution >= 0.6 is 0 Å². The number of piperazine rings is 1. The van der Waals surface area contributed by atoms with Gasteiger partial charge in [0.1, 0.15) is 0 Å². The molecule has 0 unspecified atom stereocenters. The van der Waals surface area contributed by atoms with Crippen molar-refractivity contribution in [1.82, 2.24) is 19.9 Å². The van der Waals surface area contributed by atoms with Gasteiger partial charge in [-0.15, -0.1) is 0 Å². The van der Waals surface area contributed by atoms with E-state index in [1.165, 1.54) is 12.1 Å². The van der Waals surface area contributed by atoms with Crippen molar-refractivity contribution >= 4 is 5.91 Å². The first-order valence-electron chi connectivity index (χ1n) is 11.8. The monoisotopic (exact) mass is 486 g/mol. The van der Waals surface area contributed by atoms with Gasteiger partial charge in [-0.05, 0) is 35.7 Å². The summed E-state index contributed by atoms with van der Waals surface area (Å²) in [5.41, 5.74) is 1.24. The molecule has 1 aliphatic rings. The Kier molecular flexibility index (Phi) is 7.54. The molecule has 186 valence electrons. The first-order valence-corrected chi connectivity index (χ1v) is 11.8. The lowest BCUT2D eigenvalue weighted by atomic mass is 10.0. The molecule has 0 saturated carbocycles. The summed E-state index contributed by atoms with van der Waals surface area (Å²) in [5, 5.41) is 3.98. The number of alkyl halides is 3. The van der Waals surface area contributed by atoms with Gasteiger partial charge in [-0.25, -0.2) is 0 Å². The Morgan fingerprint density at radius 1 is 1.06 bits per heavy atom. The van der Waals surface area contributed by atoms with E-state index in [1.54, 1.807) is 0 Å². The van der Waals surface area contributed by atoms with E-state index in [1.807, 2.05) is 29.2 Å². The topological polar surface area (TPSA) is 62.5 Å². The highest BCUT2D eigenvalue weighted by Gasteiger charge is 2.31. The van der Waals surface area contributed by atoms with Gasteiger partial charge in [-0.1, -0.05) is 49.7 Å². The lowest BCUT2D eigenvalue weighted by Gasteiger charge is -2.35. The second-order valence-corrected chi connectivity index (χ2v) is 9.08. The minimum atomic E-state index is -4.44. The van der Waals surface area contributed by atoms with Gasteiger partial charge in [0.15, 0.2) is 0 Å². The maximum atomic E-state index is 13.0. The highest BCUT2D eigenvalue weighted by Crippen LogP contribution is 2.32. The fraction of sp³-hybridized carbons (Fsp3) is 0.423. The van der Waals surface area contributed by atoms with Crippen molar-refractivity contribution < 1.29 is 22.5 Å². The number of carbonyl (C=O) groups is 1. The van der Waals surface area contributed by atoms with Crippen LogP contribution in [0.5, 0.6) is 0 Å². The van der Waals surface area contributed by atoms with Crippen LogP contribution < -0.4 is 0 Å². The smallest absolute Gasteiger partial charge is 0.340 e. The SMILES string of the molecule is CC[C@H](C)CC(=O)N1CCN(Cc2cccc(-c3noc(-c4cccc(C(F)(F)F)c4)n3)c2)CC1. The summed E-state index contributed by atoms with van der Waals surface area (Å²) in [6.45, 7) is 7.98. The van der Waals surface area contributed by atoms with Crippen LogP contribution in [-0.2, 0) is 17.5 Å². The van der Waals surface area contributed by atoms with Gasteiger partial charge in [0.25, 0.3) is 5.89 Å². The molecule has 0 N–H and O–H groups in total. The quantitative estimate of drug-likeness (QED) is 0.441. The normalized spacial score (nSPS) is 15.9. The average Bonchev–Trinajstić information content (AvgIpc) is 3.35. The molecule has 6 nitrogen and oxygen atoms in total. The number of halogens is 3. The van der Waals surface area contributed by atoms with Crippen LogP contribution in [-0.4, -0.2) is 52.0 Å². The summed E-state index contributed by atoms with van der Waals surface area (Å²) in [6.07, 6.45) is -2.84. The molecule has 3 aromatic rings. The van der Waals surface area contributed by atoms with E-state index >= 15 is 0 Å². The van der Waals surface area contributed by atoms with Gasteiger partial charge in [-0.2, -0.15) is 18.2 Å². The van der Waals surface area contributed by atoms with Crippen molar-refractivity contribution in [1.29, 1.82) is 0 Å². The third-order valence-corrected chi connectivity index (χ3v) is 6.40. The highest BCUT2D eigenvalue weighted by molar-refractivity contribution is 5.76. The van der Waals surface area contributed by atoms with Crippen molar-refractivity contribution in [3.05, 3.63) is 59.7 Å². The largest absolute Gasteiger partial charge is 0.416 e. The second-order valence-electron chi connectivity index (χ2n) is 9.08. The Morgan fingerprint density at radius 3 is 2.49 bits per heavy atom. The van der Waals surface area contributed by atoms with E-state index in [4.69, 9.17) is 4.52 Å². The number of rotatable bonds is 7. The second kappa shape index (κ2) is 10.6. The fourth-order valence-corrected chi connectivity index (χ4v) is 4.08. The zero-order chi connectivity index (χ0) is 25.0. The lowest BCUT2D eigenvalue weighted by molar-refractivity contribution is -0.137. The molecule has 1 atom stereocenters. The molecular formula is C26H29F3N4O2. The molecule has 1 aromatic heterocycles. The minimum Gasteiger partial charge on any atom is -0.340 e. The van der Waals surface area contributed by atoms with Crippen LogP contribution in [0.15, 0.2) is 53.1 Å². The highest BCUT2D eigenvalue weighted by atomic mass is 19.4. The van der Waals surface area contributed by atoms with Crippen molar-refractivity contribution in [2.75, 3.05) is 26.2 Å². The van der Waals surface area contributed by atoms with Gasteiger partial charge >= 0.3 is 6.18 Å². The molecule has 4 rings (SSSR count). The summed E-state index contributed by atoms with van der Waals surface area (Å²) < 4.78 is 44.3. The Balaban J connectivity index is 1.39. The third kappa shape index (κ3) is 6.28. The molecule has 0 bridgehead atoms. The molecule has 2 heterocycles. The number of amides is 1. The molecule has 0 aliphatic carbocycles. The maximum Gasteiger partial charge on any atom is 0.416 e. The van der Waals surface area contributed by atoms with Gasteiger partial charge in [-0.3, -0.25) is 9.69 Å². The van der Waals surface area contributed by atoms with Crippen LogP contribution in [0.2, 0.25) is 0 Å². The van der Waals surface area contributed by atoms with E-state index in [-0.39, 0.29) is 17.4 Å². The molecule has 0 spiro atoms. The van der Waals surface area contributed by atoms with Crippen LogP contribution in [0.25, 0.3) is 22.8 Å². The van der Waals surface area contributed by atoms with Crippen LogP contribution in [0, 0.1) is 5.92 Å². The standard InChI is InChI=1S/C26H29F3N4O2/c1-3-18(2)14-23(34)33-12-10-32(11-13-33)17-19-6-4-7-20(15-19)24-30-25(35-31-24)21-8-5-9-22(16-21)26(27,28)29/h4-9,15-16,18H,3,10-14,17H2,1-2H3/t18-/m0/s1. The number of nitrogens with zero attached hydrogens (tertiary/aromatic N) is 4. The number of hydrogen-bond acceptors (Lipinski definition) is 5. The first-order chi connectivity index (χ1) is 16.7. The number of hydrogen-bond donors (Lipinski definition) is 0. The minimum absolute atomic E-state index is 0.0367. The molecule has 1 amide bonds. The van der Waals surface area contributed by atoms with Gasteiger partial charge in [0.2, 0.25) is 11.7 Å². The summed E-state index contributed by atoms with van der Waals surface area (Å²) in [7, 11) is 0. The summed E-state index contributed by atoms with van der Waals surface area (Å²) in [4.78, 5) is 21.0. The van der Waals surface area contributed by atoms with Gasteiger partial charge in [0.05, 0.1) is 5.56 Å². The van der Waals surface area contributed by atoms with E-state index in [0.29, 0.717) is 18.2 Å². The lowest BCUT2D eigenvalue weighted by Crippen LogP contribution is -2.48. The maximum absolute atomic E-state index is 13.0. The molecular weight excluding hydrogens is 457 g/mol. The van der Waals surface area contributed by atoms with E-state index in [2.05, 4.69) is 28.9 Å². The van der Waals surface area contributed by atoms with Crippen molar-refractivity contribution in [3.8, 4) is 22.8 Å². The molecule has 0 radical (unpaired) electrons. The Bertz CT molecular complexity index is 1150. The zero-order valence-corrected chi connectivity index (χ0v) is 19.9. The summed E-state index contributed by atoms with van der Waals surface area (Å²) >= 11 is 0. The Morgan fingerprint density at radius 2 is 1.77 bits per heavy atom. The number of benzene rings is 2. The molecule has 1 saturated heterocycles. The molecule has 1 aliphatic heterocycles. The predicted molar refractivity (Wildman–Crippen MR) is 126 cm³/mol. The van der Waals surface area contributed by atoms with Crippen molar-refractivity contribution in [2.24, 2.45) is 5.92 Å². The Labute approximate surface area is 202 Å². The van der Waals surface area contributed by atoms with Crippen LogP contribution in [0.4, 0.5) is 13.2 Å². The van der Waals surface area contributed by atoms with Crippen LogP contribution in [0.3, 0.4) is 0 Å². The Hall–Kier alpha value is -3.20. The first kappa shape index (κ1) is 24.9. The van der Waals surface area contributed by atoms with E-state index in [0.717, 1.165) is 62.4 Å². The molecule has 9 heteroatoms. The van der Waals surface area contributed by atoms with E-state index in [9.17, 15) is 18.0 Å². The van der Waals surface area contributed by atoms with Gasteiger partial charge < -0.3 is 9.42 Å². The molecule has 1 fully saturated rings. The third-order valence-electron chi connectivity index (χ3n) is 6.40. The van der Waals surface area contributed by atoms with Crippen molar-refractivity contribution in [3.63, 3.8) is 0 Å². The zero-order valence-electron chi connectivity index (χ0n) is 19.9. The van der Waals surface area contributed by atoms with Crippen molar-refractivity contribution in [2.45, 2.75) is 39.4 Å². The summed E-state index contributed by atoms with van der Waals surface area (Å²) in [6, 6.07) is 12.6. The molecule has 2 aromatic carbocycles. The van der Waals surface area contributed by atoms with E-state index < -0.39 is 11.7 Å². The number of aromatic nitrogens is 2. The molecule has 35 heavy (non-hydrogen) atoms. The number of carbonyl (C=O) groups excluding carboxylic acids is 1. The van der Waals surface area contributed by atoms with Gasteiger partial charge in [0, 0.05) is 50.3 Å². The average molecular weight is 487 g/mol.